The molecule has 2 N–H and O–H groups in total. The van der Waals surface area contributed by atoms with Crippen LogP contribution in [0, 0.1) is 17.8 Å². The lowest BCUT2D eigenvalue weighted by atomic mass is 9.81. The van der Waals surface area contributed by atoms with Crippen LogP contribution in [0.3, 0.4) is 0 Å². The molecule has 1 saturated carbocycles. The molecule has 1 aliphatic rings. The molecule has 1 fully saturated rings. The predicted octanol–water partition coefficient (Wildman–Crippen LogP) is -0.0999. The maximum absolute atomic E-state index is 10.5. The van der Waals surface area contributed by atoms with Crippen LogP contribution < -0.4 is 5.73 Å². The van der Waals surface area contributed by atoms with Gasteiger partial charge in [-0.2, -0.15) is 0 Å². The molecule has 3 nitrogen and oxygen atoms in total. The number of hydrogen-bond acceptors (Lipinski definition) is 3. The van der Waals surface area contributed by atoms with Gasteiger partial charge in [-0.1, -0.05) is 5.92 Å². The molecule has 1 aliphatic carbocycles. The molecule has 3 heteroatoms. The zero-order chi connectivity index (χ0) is 8.27. The fourth-order valence-electron chi connectivity index (χ4n) is 0.992. The van der Waals surface area contributed by atoms with Gasteiger partial charge in [-0.15, -0.1) is 0 Å². The molecule has 0 atom stereocenters. The Morgan fingerprint density at radius 1 is 1.64 bits per heavy atom. The van der Waals surface area contributed by atoms with Gasteiger partial charge < -0.3 is 10.5 Å². The molecule has 0 aromatic heterocycles. The number of esters is 1. The van der Waals surface area contributed by atoms with Gasteiger partial charge in [-0.3, -0.25) is 0 Å². The highest BCUT2D eigenvalue weighted by molar-refractivity contribution is 5.88. The second-order valence-electron chi connectivity index (χ2n) is 2.69. The SMILES string of the molecule is COC(=O)C#CC1CC(N)C1. The monoisotopic (exact) mass is 153 g/mol. The summed E-state index contributed by atoms with van der Waals surface area (Å²) in [6, 6.07) is 0.284. The third-order valence-electron chi connectivity index (χ3n) is 1.74. The zero-order valence-electron chi connectivity index (χ0n) is 6.46. The minimum atomic E-state index is -0.467. The molecule has 0 amide bonds. The van der Waals surface area contributed by atoms with Crippen molar-refractivity contribution >= 4 is 5.97 Å². The summed E-state index contributed by atoms with van der Waals surface area (Å²) in [5.41, 5.74) is 5.52. The van der Waals surface area contributed by atoms with E-state index in [0.29, 0.717) is 5.92 Å². The average molecular weight is 153 g/mol. The van der Waals surface area contributed by atoms with E-state index in [1.54, 1.807) is 0 Å². The summed E-state index contributed by atoms with van der Waals surface area (Å²) in [4.78, 5) is 10.5. The standard InChI is InChI=1S/C8H11NO2/c1-11-8(10)3-2-6-4-7(9)5-6/h6-7H,4-5,9H2,1H3. The van der Waals surface area contributed by atoms with Crippen LogP contribution in [-0.2, 0) is 9.53 Å². The minimum Gasteiger partial charge on any atom is -0.459 e. The van der Waals surface area contributed by atoms with Crippen molar-refractivity contribution in [2.24, 2.45) is 11.7 Å². The van der Waals surface area contributed by atoms with Crippen LogP contribution in [0.4, 0.5) is 0 Å². The molecule has 0 radical (unpaired) electrons. The van der Waals surface area contributed by atoms with Crippen LogP contribution in [0.25, 0.3) is 0 Å². The normalized spacial score (nSPS) is 27.8. The number of rotatable bonds is 0. The van der Waals surface area contributed by atoms with E-state index in [-0.39, 0.29) is 6.04 Å². The number of methoxy groups -OCH3 is 1. The van der Waals surface area contributed by atoms with E-state index < -0.39 is 5.97 Å². The molecule has 0 aromatic carbocycles. The van der Waals surface area contributed by atoms with E-state index in [0.717, 1.165) is 12.8 Å². The van der Waals surface area contributed by atoms with Crippen molar-refractivity contribution in [2.45, 2.75) is 18.9 Å². The van der Waals surface area contributed by atoms with Gasteiger partial charge in [-0.05, 0) is 12.8 Å². The maximum Gasteiger partial charge on any atom is 0.384 e. The van der Waals surface area contributed by atoms with E-state index in [2.05, 4.69) is 16.6 Å². The molecule has 0 heterocycles. The van der Waals surface area contributed by atoms with Crippen molar-refractivity contribution in [1.29, 1.82) is 0 Å². The lowest BCUT2D eigenvalue weighted by Crippen LogP contribution is -2.35. The first-order valence-electron chi connectivity index (χ1n) is 3.57. The molecular weight excluding hydrogens is 142 g/mol. The average Bonchev–Trinajstić information content (AvgIpc) is 1.95. The van der Waals surface area contributed by atoms with Crippen LogP contribution >= 0.6 is 0 Å². The molecule has 0 aliphatic heterocycles. The first kappa shape index (κ1) is 8.09. The van der Waals surface area contributed by atoms with Crippen molar-refractivity contribution in [3.05, 3.63) is 0 Å². The van der Waals surface area contributed by atoms with Crippen molar-refractivity contribution in [3.63, 3.8) is 0 Å². The first-order valence-corrected chi connectivity index (χ1v) is 3.57. The Labute approximate surface area is 65.9 Å². The highest BCUT2D eigenvalue weighted by Gasteiger charge is 2.23. The van der Waals surface area contributed by atoms with Gasteiger partial charge in [0, 0.05) is 17.9 Å². The van der Waals surface area contributed by atoms with Crippen molar-refractivity contribution in [3.8, 4) is 11.8 Å². The Hall–Kier alpha value is -1.01. The fourth-order valence-corrected chi connectivity index (χ4v) is 0.992. The van der Waals surface area contributed by atoms with Crippen molar-refractivity contribution in [2.75, 3.05) is 7.11 Å². The van der Waals surface area contributed by atoms with Crippen LogP contribution in [0.2, 0.25) is 0 Å². The quantitative estimate of drug-likeness (QED) is 0.300. The number of nitrogens with two attached hydrogens (primary N) is 1. The third-order valence-corrected chi connectivity index (χ3v) is 1.74. The lowest BCUT2D eigenvalue weighted by molar-refractivity contribution is -0.133. The van der Waals surface area contributed by atoms with Gasteiger partial charge in [0.1, 0.15) is 0 Å². The van der Waals surface area contributed by atoms with Crippen LogP contribution in [0.1, 0.15) is 12.8 Å². The molecule has 0 spiro atoms. The van der Waals surface area contributed by atoms with Crippen molar-refractivity contribution in [1.82, 2.24) is 0 Å². The summed E-state index contributed by atoms with van der Waals surface area (Å²) < 4.78 is 4.35. The number of hydrogen-bond donors (Lipinski definition) is 1. The molecule has 1 rings (SSSR count). The number of ether oxygens (including phenoxy) is 1. The number of carbonyl (C=O) groups is 1. The first-order chi connectivity index (χ1) is 5.22. The van der Waals surface area contributed by atoms with E-state index >= 15 is 0 Å². The van der Waals surface area contributed by atoms with Crippen molar-refractivity contribution < 1.29 is 9.53 Å². The Morgan fingerprint density at radius 3 is 2.73 bits per heavy atom. The summed E-state index contributed by atoms with van der Waals surface area (Å²) in [7, 11) is 1.32. The Balaban J connectivity index is 2.28. The van der Waals surface area contributed by atoms with Gasteiger partial charge in [-0.25, -0.2) is 4.79 Å². The summed E-state index contributed by atoms with van der Waals surface area (Å²) in [6.07, 6.45) is 1.81. The molecule has 0 bridgehead atoms. The van der Waals surface area contributed by atoms with Crippen LogP contribution in [-0.4, -0.2) is 19.1 Å². The number of carbonyl (C=O) groups excluding carboxylic acids is 1. The van der Waals surface area contributed by atoms with Gasteiger partial charge in [0.2, 0.25) is 0 Å². The van der Waals surface area contributed by atoms with E-state index in [4.69, 9.17) is 5.73 Å². The predicted molar refractivity (Wildman–Crippen MR) is 40.5 cm³/mol. The largest absolute Gasteiger partial charge is 0.459 e. The molecule has 0 unspecified atom stereocenters. The van der Waals surface area contributed by atoms with Crippen LogP contribution in [0.5, 0.6) is 0 Å². The summed E-state index contributed by atoms with van der Waals surface area (Å²) in [5, 5.41) is 0. The molecule has 60 valence electrons. The zero-order valence-corrected chi connectivity index (χ0v) is 6.46. The van der Waals surface area contributed by atoms with Gasteiger partial charge in [0.05, 0.1) is 7.11 Å². The fraction of sp³-hybridized carbons (Fsp3) is 0.625. The molecule has 0 aromatic rings. The molecule has 11 heavy (non-hydrogen) atoms. The lowest BCUT2D eigenvalue weighted by Gasteiger charge is -2.27. The Bertz CT molecular complexity index is 208. The highest BCUT2D eigenvalue weighted by atomic mass is 16.5. The van der Waals surface area contributed by atoms with Gasteiger partial charge >= 0.3 is 5.97 Å². The second kappa shape index (κ2) is 3.40. The summed E-state index contributed by atoms with van der Waals surface area (Å²) >= 11 is 0. The summed E-state index contributed by atoms with van der Waals surface area (Å²) in [5.74, 6) is 5.03. The maximum atomic E-state index is 10.5. The molecular formula is C8H11NO2. The van der Waals surface area contributed by atoms with Crippen LogP contribution in [0.15, 0.2) is 0 Å². The van der Waals surface area contributed by atoms with E-state index in [1.807, 2.05) is 0 Å². The van der Waals surface area contributed by atoms with Gasteiger partial charge in [0.25, 0.3) is 0 Å². The minimum absolute atomic E-state index is 0.284. The van der Waals surface area contributed by atoms with Gasteiger partial charge in [0.15, 0.2) is 0 Å². The summed E-state index contributed by atoms with van der Waals surface area (Å²) in [6.45, 7) is 0. The Kier molecular flexibility index (Phi) is 2.50. The van der Waals surface area contributed by atoms with E-state index in [1.165, 1.54) is 7.11 Å². The third kappa shape index (κ3) is 2.24. The molecule has 0 saturated heterocycles. The van der Waals surface area contributed by atoms with E-state index in [9.17, 15) is 4.79 Å². The topological polar surface area (TPSA) is 52.3 Å². The Morgan fingerprint density at radius 2 is 2.27 bits per heavy atom. The smallest absolute Gasteiger partial charge is 0.384 e. The second-order valence-corrected chi connectivity index (χ2v) is 2.69. The highest BCUT2D eigenvalue weighted by Crippen LogP contribution is 2.24.